The summed E-state index contributed by atoms with van der Waals surface area (Å²) in [7, 11) is 3.88. The number of benzene rings is 1. The first-order valence-electron chi connectivity index (χ1n) is 6.87. The lowest BCUT2D eigenvalue weighted by molar-refractivity contribution is 0.212. The third kappa shape index (κ3) is 5.75. The van der Waals surface area contributed by atoms with Crippen molar-refractivity contribution in [1.29, 1.82) is 0 Å². The van der Waals surface area contributed by atoms with Crippen LogP contribution in [-0.2, 0) is 0 Å². The molecule has 0 unspecified atom stereocenters. The van der Waals surface area contributed by atoms with E-state index in [-0.39, 0.29) is 0 Å². The van der Waals surface area contributed by atoms with Crippen molar-refractivity contribution >= 4 is 17.5 Å². The molecule has 0 fully saturated rings. The Morgan fingerprint density at radius 1 is 1.09 bits per heavy atom. The SMILES string of the molecule is CN(C)CNc1nc(Cl)cc(OCCOc2ccccc2)n1. The summed E-state index contributed by atoms with van der Waals surface area (Å²) in [4.78, 5) is 10.3. The van der Waals surface area contributed by atoms with Crippen molar-refractivity contribution < 1.29 is 9.47 Å². The quantitative estimate of drug-likeness (QED) is 0.458. The van der Waals surface area contributed by atoms with E-state index >= 15 is 0 Å². The van der Waals surface area contributed by atoms with Gasteiger partial charge in [0.15, 0.2) is 0 Å². The smallest absolute Gasteiger partial charge is 0.228 e. The molecule has 0 bridgehead atoms. The van der Waals surface area contributed by atoms with Gasteiger partial charge in [-0.15, -0.1) is 0 Å². The van der Waals surface area contributed by atoms with Crippen LogP contribution in [0.1, 0.15) is 0 Å². The van der Waals surface area contributed by atoms with E-state index in [1.54, 1.807) is 6.07 Å². The highest BCUT2D eigenvalue weighted by atomic mass is 35.5. The Kier molecular flexibility index (Phi) is 6.24. The highest BCUT2D eigenvalue weighted by Gasteiger charge is 2.04. The minimum absolute atomic E-state index is 0.329. The van der Waals surface area contributed by atoms with Crippen molar-refractivity contribution in [2.45, 2.75) is 0 Å². The fraction of sp³-hybridized carbons (Fsp3) is 0.333. The van der Waals surface area contributed by atoms with Crippen LogP contribution in [0.25, 0.3) is 0 Å². The maximum atomic E-state index is 5.96. The molecule has 0 aliphatic rings. The monoisotopic (exact) mass is 322 g/mol. The molecule has 6 nitrogen and oxygen atoms in total. The van der Waals surface area contributed by atoms with Crippen LogP contribution >= 0.6 is 11.6 Å². The molecule has 1 aromatic heterocycles. The first-order valence-corrected chi connectivity index (χ1v) is 7.25. The third-order valence-electron chi connectivity index (χ3n) is 2.57. The van der Waals surface area contributed by atoms with Gasteiger partial charge in [-0.1, -0.05) is 29.8 Å². The summed E-state index contributed by atoms with van der Waals surface area (Å²) in [6.45, 7) is 1.40. The van der Waals surface area contributed by atoms with E-state index in [0.717, 1.165) is 5.75 Å². The van der Waals surface area contributed by atoms with Crippen LogP contribution in [0.3, 0.4) is 0 Å². The second-order valence-corrected chi connectivity index (χ2v) is 5.16. The minimum Gasteiger partial charge on any atom is -0.490 e. The topological polar surface area (TPSA) is 59.5 Å². The number of hydrogen-bond donors (Lipinski definition) is 1. The third-order valence-corrected chi connectivity index (χ3v) is 2.76. The van der Waals surface area contributed by atoms with Gasteiger partial charge in [0, 0.05) is 6.07 Å². The van der Waals surface area contributed by atoms with Crippen molar-refractivity contribution in [2.75, 3.05) is 39.3 Å². The molecule has 0 aliphatic carbocycles. The van der Waals surface area contributed by atoms with Gasteiger partial charge >= 0.3 is 0 Å². The lowest BCUT2D eigenvalue weighted by Gasteiger charge is -2.12. The van der Waals surface area contributed by atoms with E-state index < -0.39 is 0 Å². The molecule has 0 saturated carbocycles. The number of halogens is 1. The molecule has 1 N–H and O–H groups in total. The maximum Gasteiger partial charge on any atom is 0.228 e. The van der Waals surface area contributed by atoms with Gasteiger partial charge in [-0.05, 0) is 26.2 Å². The standard InChI is InChI=1S/C15H19ClN4O2/c1-20(2)11-17-15-18-13(16)10-14(19-15)22-9-8-21-12-6-4-3-5-7-12/h3-7,10H,8-9,11H2,1-2H3,(H,17,18,19). The molecule has 22 heavy (non-hydrogen) atoms. The molecule has 0 amide bonds. The molecular formula is C15H19ClN4O2. The minimum atomic E-state index is 0.329. The number of nitrogens with one attached hydrogen (secondary N) is 1. The van der Waals surface area contributed by atoms with E-state index in [1.165, 1.54) is 0 Å². The first kappa shape index (κ1) is 16.3. The Morgan fingerprint density at radius 2 is 1.82 bits per heavy atom. The fourth-order valence-electron chi connectivity index (χ4n) is 1.60. The molecule has 0 spiro atoms. The Hall–Kier alpha value is -2.05. The van der Waals surface area contributed by atoms with Gasteiger partial charge in [-0.2, -0.15) is 4.98 Å². The zero-order valence-corrected chi connectivity index (χ0v) is 13.4. The van der Waals surface area contributed by atoms with E-state index in [1.807, 2.05) is 49.3 Å². The molecule has 1 aromatic carbocycles. The van der Waals surface area contributed by atoms with Crippen LogP contribution in [0.2, 0.25) is 5.15 Å². The molecule has 0 aliphatic heterocycles. The zero-order valence-electron chi connectivity index (χ0n) is 12.6. The van der Waals surface area contributed by atoms with Gasteiger partial charge in [0.25, 0.3) is 0 Å². The molecule has 2 aromatic rings. The van der Waals surface area contributed by atoms with Crippen LogP contribution in [-0.4, -0.2) is 48.8 Å². The molecule has 118 valence electrons. The molecule has 0 radical (unpaired) electrons. The van der Waals surface area contributed by atoms with E-state index in [0.29, 0.717) is 36.9 Å². The number of aromatic nitrogens is 2. The number of ether oxygens (including phenoxy) is 2. The van der Waals surface area contributed by atoms with Crippen molar-refractivity contribution in [2.24, 2.45) is 0 Å². The van der Waals surface area contributed by atoms with Crippen LogP contribution in [0.5, 0.6) is 11.6 Å². The molecule has 7 heteroatoms. The Labute approximate surface area is 135 Å². The van der Waals surface area contributed by atoms with Gasteiger partial charge in [-0.3, -0.25) is 4.90 Å². The lowest BCUT2D eigenvalue weighted by atomic mass is 10.3. The summed E-state index contributed by atoms with van der Waals surface area (Å²) in [6, 6.07) is 11.1. The summed E-state index contributed by atoms with van der Waals surface area (Å²) in [6.07, 6.45) is 0. The Balaban J connectivity index is 1.81. The van der Waals surface area contributed by atoms with Crippen molar-refractivity contribution in [3.05, 3.63) is 41.6 Å². The molecule has 0 saturated heterocycles. The van der Waals surface area contributed by atoms with Gasteiger partial charge in [-0.25, -0.2) is 4.98 Å². The Morgan fingerprint density at radius 3 is 2.55 bits per heavy atom. The summed E-state index contributed by atoms with van der Waals surface area (Å²) in [5.74, 6) is 1.65. The van der Waals surface area contributed by atoms with Crippen molar-refractivity contribution in [1.82, 2.24) is 14.9 Å². The highest BCUT2D eigenvalue weighted by molar-refractivity contribution is 6.29. The van der Waals surface area contributed by atoms with E-state index in [9.17, 15) is 0 Å². The van der Waals surface area contributed by atoms with Gasteiger partial charge in [0.1, 0.15) is 24.1 Å². The zero-order chi connectivity index (χ0) is 15.8. The van der Waals surface area contributed by atoms with Crippen LogP contribution in [0, 0.1) is 0 Å². The second kappa shape index (κ2) is 8.41. The fourth-order valence-corrected chi connectivity index (χ4v) is 1.77. The predicted octanol–water partition coefficient (Wildman–Crippen LogP) is 2.52. The van der Waals surface area contributed by atoms with Crippen LogP contribution < -0.4 is 14.8 Å². The summed E-state index contributed by atoms with van der Waals surface area (Å²) in [5, 5.41) is 3.38. The summed E-state index contributed by atoms with van der Waals surface area (Å²) in [5.41, 5.74) is 0. The highest BCUT2D eigenvalue weighted by Crippen LogP contribution is 2.16. The van der Waals surface area contributed by atoms with Crippen molar-refractivity contribution in [3.63, 3.8) is 0 Å². The normalized spacial score (nSPS) is 10.5. The van der Waals surface area contributed by atoms with Crippen LogP contribution in [0.4, 0.5) is 5.95 Å². The maximum absolute atomic E-state index is 5.96. The number of hydrogen-bond acceptors (Lipinski definition) is 6. The van der Waals surface area contributed by atoms with Gasteiger partial charge < -0.3 is 14.8 Å². The molecular weight excluding hydrogens is 304 g/mol. The van der Waals surface area contributed by atoms with E-state index in [2.05, 4.69) is 15.3 Å². The Bertz CT molecular complexity index is 581. The first-order chi connectivity index (χ1) is 10.6. The molecule has 2 rings (SSSR count). The van der Waals surface area contributed by atoms with E-state index in [4.69, 9.17) is 21.1 Å². The predicted molar refractivity (Wildman–Crippen MR) is 86.7 cm³/mol. The average molecular weight is 323 g/mol. The molecule has 1 heterocycles. The largest absolute Gasteiger partial charge is 0.490 e. The summed E-state index contributed by atoms with van der Waals surface area (Å²) >= 11 is 5.96. The van der Waals surface area contributed by atoms with Gasteiger partial charge in [0.05, 0.1) is 6.67 Å². The van der Waals surface area contributed by atoms with Crippen molar-refractivity contribution in [3.8, 4) is 11.6 Å². The molecule has 0 atom stereocenters. The number of rotatable bonds is 8. The van der Waals surface area contributed by atoms with Gasteiger partial charge in [0.2, 0.25) is 11.8 Å². The summed E-state index contributed by atoms with van der Waals surface area (Å²) < 4.78 is 11.1. The van der Waals surface area contributed by atoms with Crippen LogP contribution in [0.15, 0.2) is 36.4 Å². The second-order valence-electron chi connectivity index (χ2n) is 4.78. The number of anilines is 1. The number of para-hydroxylation sites is 1. The lowest BCUT2D eigenvalue weighted by Crippen LogP contribution is -2.21. The average Bonchev–Trinajstić information content (AvgIpc) is 2.50. The number of nitrogens with zero attached hydrogens (tertiary/aromatic N) is 3.